The molecule has 6 aliphatic rings. The molecule has 5 amide bonds. The summed E-state index contributed by atoms with van der Waals surface area (Å²) in [6.07, 6.45) is 5.26. The van der Waals surface area contributed by atoms with Crippen molar-refractivity contribution in [2.45, 2.75) is 75.9 Å². The number of rotatable bonds is 6. The number of nitrogens with zero attached hydrogens (tertiary/aromatic N) is 4. The van der Waals surface area contributed by atoms with Gasteiger partial charge >= 0.3 is 0 Å². The standard InChI is InChI=1S/C47H47N5O6/c53-35-11-13-37-31(22-35)8-12-36(29-4-2-1-3-5-29)43(37)30-6-9-34(10-7-30)50-19-16-47(17-20-50)18-21-51(28-47)42(55)27-49-25-32-23-38-39(24-33(32)26-49)46(58)52(45(38)57)40-14-15-41(54)48-44(40)56/h1-7,9-11,13,22-24,36,40,43,53H,8,12,14-21,25-28H2,(H,48,54,56)/t36-,40?,43+/m1/s1. The van der Waals surface area contributed by atoms with Crippen LogP contribution in [0.15, 0.2) is 84.9 Å². The zero-order valence-corrected chi connectivity index (χ0v) is 32.5. The number of benzene rings is 4. The number of imide groups is 2. The van der Waals surface area contributed by atoms with Gasteiger partial charge in [-0.05, 0) is 120 Å². The Morgan fingerprint density at radius 3 is 2.12 bits per heavy atom. The molecule has 0 bridgehead atoms. The molecule has 3 fully saturated rings. The van der Waals surface area contributed by atoms with Crippen molar-refractivity contribution in [3.8, 4) is 5.75 Å². The number of amides is 5. The van der Waals surface area contributed by atoms with Gasteiger partial charge in [-0.25, -0.2) is 0 Å². The third-order valence-corrected chi connectivity index (χ3v) is 14.0. The van der Waals surface area contributed by atoms with Crippen LogP contribution < -0.4 is 10.2 Å². The second-order valence-electron chi connectivity index (χ2n) is 17.3. The quantitative estimate of drug-likeness (QED) is 0.246. The maximum absolute atomic E-state index is 13.7. The molecule has 58 heavy (non-hydrogen) atoms. The van der Waals surface area contributed by atoms with Gasteiger partial charge in [-0.15, -0.1) is 0 Å². The molecule has 4 aromatic rings. The summed E-state index contributed by atoms with van der Waals surface area (Å²) in [5, 5.41) is 12.5. The molecular formula is C47H47N5O6. The first-order chi connectivity index (χ1) is 28.1. The molecule has 5 aliphatic heterocycles. The minimum atomic E-state index is -0.992. The van der Waals surface area contributed by atoms with Crippen molar-refractivity contribution >= 4 is 35.2 Å². The highest BCUT2D eigenvalue weighted by molar-refractivity contribution is 6.23. The Balaban J connectivity index is 0.752. The minimum absolute atomic E-state index is 0.0796. The Kier molecular flexibility index (Phi) is 8.96. The van der Waals surface area contributed by atoms with Crippen LogP contribution in [0.2, 0.25) is 0 Å². The van der Waals surface area contributed by atoms with Gasteiger partial charge in [-0.2, -0.15) is 0 Å². The average Bonchev–Trinajstić information content (AvgIpc) is 3.90. The Bertz CT molecular complexity index is 2310. The number of phenols is 1. The maximum Gasteiger partial charge on any atom is 0.262 e. The molecule has 1 aliphatic carbocycles. The van der Waals surface area contributed by atoms with Crippen LogP contribution in [0.1, 0.15) is 104 Å². The number of aromatic hydroxyl groups is 1. The number of phenolic OH excluding ortho intramolecular Hbond substituents is 1. The zero-order chi connectivity index (χ0) is 39.7. The van der Waals surface area contributed by atoms with Gasteiger partial charge in [-0.3, -0.25) is 39.1 Å². The molecule has 3 saturated heterocycles. The lowest BCUT2D eigenvalue weighted by Gasteiger charge is -2.40. The number of carbonyl (C=O) groups is 5. The van der Waals surface area contributed by atoms with E-state index in [0.29, 0.717) is 24.8 Å². The Hall–Kier alpha value is -5.81. The Morgan fingerprint density at radius 1 is 0.741 bits per heavy atom. The lowest BCUT2D eigenvalue weighted by Crippen LogP contribution is -2.54. The second kappa shape index (κ2) is 14.2. The Morgan fingerprint density at radius 2 is 1.43 bits per heavy atom. The van der Waals surface area contributed by atoms with Crippen molar-refractivity contribution in [1.29, 1.82) is 0 Å². The molecule has 1 spiro atoms. The largest absolute Gasteiger partial charge is 0.508 e. The second-order valence-corrected chi connectivity index (χ2v) is 17.3. The summed E-state index contributed by atoms with van der Waals surface area (Å²) in [6, 6.07) is 28.3. The van der Waals surface area contributed by atoms with Crippen LogP contribution in [-0.4, -0.2) is 88.1 Å². The summed E-state index contributed by atoms with van der Waals surface area (Å²) in [5.74, 6) is -1.03. The molecule has 4 aromatic carbocycles. The van der Waals surface area contributed by atoms with Crippen molar-refractivity contribution < 1.29 is 29.1 Å². The SMILES string of the molecule is O=C1CCC(N2C(=O)c3cc4c(cc3C2=O)CN(CC(=O)N2CCC3(CCN(c5ccc([C@@H]6c7ccc(O)cc7CC[C@@H]6c6ccccc6)cc5)CC3)C2)C4)C(=O)N1. The third-order valence-electron chi connectivity index (χ3n) is 14.0. The van der Waals surface area contributed by atoms with Gasteiger partial charge < -0.3 is 14.9 Å². The molecule has 0 aromatic heterocycles. The molecule has 0 saturated carbocycles. The summed E-state index contributed by atoms with van der Waals surface area (Å²) in [7, 11) is 0. The summed E-state index contributed by atoms with van der Waals surface area (Å²) in [5.41, 5.74) is 8.92. The average molecular weight is 778 g/mol. The first-order valence-corrected chi connectivity index (χ1v) is 20.7. The van der Waals surface area contributed by atoms with Crippen LogP contribution in [0.3, 0.4) is 0 Å². The fourth-order valence-electron chi connectivity index (χ4n) is 10.8. The van der Waals surface area contributed by atoms with Crippen LogP contribution >= 0.6 is 0 Å². The van der Waals surface area contributed by atoms with E-state index in [-0.39, 0.29) is 47.8 Å². The fraction of sp³-hybridized carbons (Fsp3) is 0.383. The van der Waals surface area contributed by atoms with Gasteiger partial charge in [0.15, 0.2) is 0 Å². The third kappa shape index (κ3) is 6.36. The van der Waals surface area contributed by atoms with Gasteiger partial charge in [-0.1, -0.05) is 48.5 Å². The van der Waals surface area contributed by atoms with Crippen molar-refractivity contribution in [3.63, 3.8) is 0 Å². The van der Waals surface area contributed by atoms with Gasteiger partial charge in [0.05, 0.1) is 17.7 Å². The first-order valence-electron chi connectivity index (χ1n) is 20.7. The predicted molar refractivity (Wildman–Crippen MR) is 216 cm³/mol. The van der Waals surface area contributed by atoms with Crippen LogP contribution in [-0.2, 0) is 33.9 Å². The Labute approximate surface area is 337 Å². The zero-order valence-electron chi connectivity index (χ0n) is 32.5. The number of likely N-dealkylation sites (tertiary alicyclic amines) is 1. The van der Waals surface area contributed by atoms with E-state index in [1.165, 1.54) is 27.9 Å². The molecule has 2 N–H and O–H groups in total. The topological polar surface area (TPSA) is 131 Å². The molecule has 5 heterocycles. The molecule has 0 radical (unpaired) electrons. The van der Waals surface area contributed by atoms with Crippen molar-refractivity contribution in [2.24, 2.45) is 5.41 Å². The van der Waals surface area contributed by atoms with Gasteiger partial charge in [0.2, 0.25) is 17.7 Å². The van der Waals surface area contributed by atoms with Crippen LogP contribution in [0.25, 0.3) is 0 Å². The summed E-state index contributed by atoms with van der Waals surface area (Å²) in [4.78, 5) is 72.1. The molecule has 11 nitrogen and oxygen atoms in total. The highest BCUT2D eigenvalue weighted by Crippen LogP contribution is 2.48. The lowest BCUT2D eigenvalue weighted by atomic mass is 9.69. The van der Waals surface area contributed by atoms with Crippen molar-refractivity contribution in [1.82, 2.24) is 20.0 Å². The van der Waals surface area contributed by atoms with E-state index in [2.05, 4.69) is 75.8 Å². The van der Waals surface area contributed by atoms with E-state index in [0.717, 1.165) is 74.3 Å². The summed E-state index contributed by atoms with van der Waals surface area (Å²) < 4.78 is 0. The monoisotopic (exact) mass is 777 g/mol. The van der Waals surface area contributed by atoms with E-state index in [1.54, 1.807) is 12.1 Å². The summed E-state index contributed by atoms with van der Waals surface area (Å²) >= 11 is 0. The number of anilines is 1. The number of carbonyl (C=O) groups excluding carboxylic acids is 5. The maximum atomic E-state index is 13.7. The van der Waals surface area contributed by atoms with Crippen molar-refractivity contribution in [3.05, 3.63) is 129 Å². The number of hydrogen-bond donors (Lipinski definition) is 2. The van der Waals surface area contributed by atoms with Gasteiger partial charge in [0.25, 0.3) is 11.8 Å². The molecule has 11 heteroatoms. The molecule has 3 atom stereocenters. The van der Waals surface area contributed by atoms with Gasteiger partial charge in [0, 0.05) is 57.3 Å². The fourth-order valence-corrected chi connectivity index (χ4v) is 10.8. The highest BCUT2D eigenvalue weighted by atomic mass is 16.3. The number of aryl methyl sites for hydroxylation is 1. The predicted octanol–water partition coefficient (Wildman–Crippen LogP) is 5.49. The highest BCUT2D eigenvalue weighted by Gasteiger charge is 2.46. The van der Waals surface area contributed by atoms with E-state index < -0.39 is 29.7 Å². The number of piperidine rings is 2. The minimum Gasteiger partial charge on any atom is -0.508 e. The smallest absolute Gasteiger partial charge is 0.262 e. The first kappa shape index (κ1) is 36.5. The van der Waals surface area contributed by atoms with Gasteiger partial charge in [0.1, 0.15) is 11.8 Å². The van der Waals surface area contributed by atoms with E-state index >= 15 is 0 Å². The summed E-state index contributed by atoms with van der Waals surface area (Å²) in [6.45, 7) is 4.70. The molecule has 10 rings (SSSR count). The van der Waals surface area contributed by atoms with Crippen LogP contribution in [0.5, 0.6) is 5.75 Å². The number of fused-ring (bicyclic) bond motifs is 3. The van der Waals surface area contributed by atoms with E-state index in [4.69, 9.17) is 0 Å². The molecule has 1 unspecified atom stereocenters. The van der Waals surface area contributed by atoms with Crippen LogP contribution in [0.4, 0.5) is 5.69 Å². The normalized spacial score (nSPS) is 23.9. The van der Waals surface area contributed by atoms with E-state index in [9.17, 15) is 29.1 Å². The van der Waals surface area contributed by atoms with Crippen LogP contribution in [0, 0.1) is 5.41 Å². The van der Waals surface area contributed by atoms with Crippen molar-refractivity contribution in [2.75, 3.05) is 37.6 Å². The molecule has 296 valence electrons. The molecular weight excluding hydrogens is 731 g/mol. The van der Waals surface area contributed by atoms with E-state index in [1.807, 2.05) is 17.0 Å². The number of hydrogen-bond acceptors (Lipinski definition) is 8. The lowest BCUT2D eigenvalue weighted by molar-refractivity contribution is -0.136. The number of nitrogens with one attached hydrogen (secondary N) is 1.